The number of hydrogen-bond donors (Lipinski definition) is 0. The molecule has 0 spiro atoms. The zero-order valence-electron chi connectivity index (χ0n) is 19.1. The highest BCUT2D eigenvalue weighted by atomic mass is 19.4. The third-order valence-electron chi connectivity index (χ3n) is 5.91. The van der Waals surface area contributed by atoms with Gasteiger partial charge in [0.15, 0.2) is 0 Å². The first-order valence-corrected chi connectivity index (χ1v) is 11.0. The van der Waals surface area contributed by atoms with E-state index in [4.69, 9.17) is 14.2 Å². The van der Waals surface area contributed by atoms with Gasteiger partial charge in [0, 0.05) is 25.8 Å². The molecule has 0 bridgehead atoms. The quantitative estimate of drug-likeness (QED) is 0.532. The molecule has 34 heavy (non-hydrogen) atoms. The highest BCUT2D eigenvalue weighted by Gasteiger charge is 2.64. The van der Waals surface area contributed by atoms with E-state index in [1.165, 1.54) is 18.2 Å². The number of methoxy groups -OCH3 is 1. The molecule has 0 aromatic heterocycles. The molecule has 0 radical (unpaired) electrons. The second kappa shape index (κ2) is 11.0. The lowest BCUT2D eigenvalue weighted by molar-refractivity contribution is -0.279. The Morgan fingerprint density at radius 3 is 2.21 bits per heavy atom. The second-order valence-electron chi connectivity index (χ2n) is 8.06. The van der Waals surface area contributed by atoms with Crippen molar-refractivity contribution in [2.45, 2.75) is 37.8 Å². The number of halogens is 3. The van der Waals surface area contributed by atoms with E-state index in [1.807, 2.05) is 35.2 Å². The predicted octanol–water partition coefficient (Wildman–Crippen LogP) is 4.09. The predicted molar refractivity (Wildman–Crippen MR) is 118 cm³/mol. The summed E-state index contributed by atoms with van der Waals surface area (Å²) in [7, 11) is 0.813. The Labute approximate surface area is 196 Å². The van der Waals surface area contributed by atoms with E-state index in [9.17, 15) is 22.8 Å². The minimum Gasteiger partial charge on any atom is -0.466 e. The molecule has 184 valence electrons. The highest BCUT2D eigenvalue weighted by Crippen LogP contribution is 2.43. The van der Waals surface area contributed by atoms with E-state index >= 15 is 0 Å². The summed E-state index contributed by atoms with van der Waals surface area (Å²) in [6, 6.07) is 16.1. The number of likely N-dealkylation sites (tertiary alicyclic amines) is 1. The SMILES string of the molecule is CCOC(=O)[C@@H]1CCN(Cc2ccccc2)C[C@H]1OC(=O)[C@@](OC)(c1ccccc1)C(F)(F)F. The highest BCUT2D eigenvalue weighted by molar-refractivity contribution is 5.83. The molecule has 1 fully saturated rings. The lowest BCUT2D eigenvalue weighted by atomic mass is 9.90. The Balaban J connectivity index is 1.89. The van der Waals surface area contributed by atoms with Crippen LogP contribution in [0.4, 0.5) is 13.2 Å². The van der Waals surface area contributed by atoms with E-state index in [1.54, 1.807) is 6.92 Å². The molecule has 1 aliphatic rings. The molecule has 0 N–H and O–H groups in total. The number of carbonyl (C=O) groups is 2. The van der Waals surface area contributed by atoms with Crippen LogP contribution in [0.15, 0.2) is 60.7 Å². The van der Waals surface area contributed by atoms with Crippen LogP contribution in [0.3, 0.4) is 0 Å². The monoisotopic (exact) mass is 479 g/mol. The average molecular weight is 479 g/mol. The average Bonchev–Trinajstić information content (AvgIpc) is 2.81. The topological polar surface area (TPSA) is 65.1 Å². The third kappa shape index (κ3) is 5.42. The number of rotatable bonds is 8. The Morgan fingerprint density at radius 2 is 1.65 bits per heavy atom. The molecule has 2 aromatic carbocycles. The van der Waals surface area contributed by atoms with Crippen molar-refractivity contribution in [1.82, 2.24) is 4.90 Å². The van der Waals surface area contributed by atoms with Crippen molar-refractivity contribution >= 4 is 11.9 Å². The van der Waals surface area contributed by atoms with Crippen LogP contribution in [-0.2, 0) is 35.9 Å². The maximum atomic E-state index is 14.3. The molecular formula is C25H28F3NO5. The number of hydrogen-bond acceptors (Lipinski definition) is 6. The van der Waals surface area contributed by atoms with Crippen molar-refractivity contribution in [2.24, 2.45) is 5.92 Å². The summed E-state index contributed by atoms with van der Waals surface area (Å²) in [5.74, 6) is -3.10. The molecule has 0 saturated carbocycles. The van der Waals surface area contributed by atoms with E-state index < -0.39 is 41.3 Å². The van der Waals surface area contributed by atoms with Crippen LogP contribution in [0, 0.1) is 5.92 Å². The Bertz CT molecular complexity index is 954. The first-order valence-electron chi connectivity index (χ1n) is 11.0. The lowest BCUT2D eigenvalue weighted by Crippen LogP contribution is -2.55. The number of alkyl halides is 3. The van der Waals surface area contributed by atoms with Crippen molar-refractivity contribution in [3.8, 4) is 0 Å². The van der Waals surface area contributed by atoms with Gasteiger partial charge in [-0.05, 0) is 25.5 Å². The van der Waals surface area contributed by atoms with Gasteiger partial charge >= 0.3 is 18.1 Å². The van der Waals surface area contributed by atoms with Crippen molar-refractivity contribution in [3.05, 3.63) is 71.8 Å². The number of benzene rings is 2. The van der Waals surface area contributed by atoms with Gasteiger partial charge < -0.3 is 14.2 Å². The molecule has 0 amide bonds. The number of piperidine rings is 1. The van der Waals surface area contributed by atoms with Gasteiger partial charge in [-0.3, -0.25) is 9.69 Å². The molecule has 0 aliphatic carbocycles. The maximum absolute atomic E-state index is 14.3. The van der Waals surface area contributed by atoms with E-state index in [2.05, 4.69) is 0 Å². The van der Waals surface area contributed by atoms with E-state index in [0.29, 0.717) is 13.1 Å². The molecule has 2 aromatic rings. The van der Waals surface area contributed by atoms with E-state index in [-0.39, 0.29) is 19.6 Å². The Kier molecular flexibility index (Phi) is 8.33. The largest absolute Gasteiger partial charge is 0.466 e. The molecule has 3 rings (SSSR count). The van der Waals surface area contributed by atoms with Gasteiger partial charge in [0.2, 0.25) is 0 Å². The summed E-state index contributed by atoms with van der Waals surface area (Å²) in [6.07, 6.45) is -5.96. The molecule has 0 unspecified atom stereocenters. The second-order valence-corrected chi connectivity index (χ2v) is 8.06. The summed E-state index contributed by atoms with van der Waals surface area (Å²) < 4.78 is 58.2. The fraction of sp³-hybridized carbons (Fsp3) is 0.440. The molecule has 6 nitrogen and oxygen atoms in total. The Hall–Kier alpha value is -2.91. The van der Waals surface area contributed by atoms with Crippen LogP contribution in [0.2, 0.25) is 0 Å². The molecular weight excluding hydrogens is 451 g/mol. The first-order chi connectivity index (χ1) is 16.2. The number of nitrogens with zero attached hydrogens (tertiary/aromatic N) is 1. The standard InChI is InChI=1S/C25H28F3NO5/c1-3-33-22(30)20-14-15-29(16-18-10-6-4-7-11-18)17-21(20)34-23(31)24(32-2,25(26,27)28)19-12-8-5-9-13-19/h4-13,20-21H,3,14-17H2,1-2H3/t20-,21-,24+/m1/s1. The lowest BCUT2D eigenvalue weighted by Gasteiger charge is -2.39. The van der Waals surface area contributed by atoms with Crippen molar-refractivity contribution in [1.29, 1.82) is 0 Å². The number of ether oxygens (including phenoxy) is 3. The van der Waals surface area contributed by atoms with Gasteiger partial charge in [0.1, 0.15) is 6.10 Å². The minimum atomic E-state index is -5.10. The molecule has 9 heteroatoms. The zero-order chi connectivity index (χ0) is 24.8. The van der Waals surface area contributed by atoms with E-state index in [0.717, 1.165) is 24.8 Å². The molecule has 1 saturated heterocycles. The fourth-order valence-corrected chi connectivity index (χ4v) is 4.21. The van der Waals surface area contributed by atoms with Crippen molar-refractivity contribution in [2.75, 3.05) is 26.8 Å². The van der Waals surface area contributed by atoms with Gasteiger partial charge in [-0.1, -0.05) is 60.7 Å². The smallest absolute Gasteiger partial charge is 0.432 e. The maximum Gasteiger partial charge on any atom is 0.432 e. The number of carbonyl (C=O) groups excluding carboxylic acids is 2. The summed E-state index contributed by atoms with van der Waals surface area (Å²) in [5, 5.41) is 0. The minimum absolute atomic E-state index is 0.0799. The number of esters is 2. The van der Waals surface area contributed by atoms with Crippen LogP contribution in [-0.4, -0.2) is 55.9 Å². The summed E-state index contributed by atoms with van der Waals surface area (Å²) in [6.45, 7) is 2.82. The van der Waals surface area contributed by atoms with Gasteiger partial charge in [-0.2, -0.15) is 13.2 Å². The van der Waals surface area contributed by atoms with Crippen LogP contribution in [0.1, 0.15) is 24.5 Å². The van der Waals surface area contributed by atoms with Crippen LogP contribution in [0.5, 0.6) is 0 Å². The van der Waals surface area contributed by atoms with Gasteiger partial charge in [-0.25, -0.2) is 4.79 Å². The van der Waals surface area contributed by atoms with Crippen LogP contribution >= 0.6 is 0 Å². The van der Waals surface area contributed by atoms with Gasteiger partial charge in [-0.15, -0.1) is 0 Å². The van der Waals surface area contributed by atoms with Gasteiger partial charge in [0.25, 0.3) is 5.60 Å². The third-order valence-corrected chi connectivity index (χ3v) is 5.91. The van der Waals surface area contributed by atoms with Crippen molar-refractivity contribution < 1.29 is 37.0 Å². The summed E-state index contributed by atoms with van der Waals surface area (Å²) in [5.41, 5.74) is -2.73. The zero-order valence-corrected chi connectivity index (χ0v) is 19.1. The summed E-state index contributed by atoms with van der Waals surface area (Å²) in [4.78, 5) is 27.7. The molecule has 1 aliphatic heterocycles. The van der Waals surface area contributed by atoms with Crippen LogP contribution in [0.25, 0.3) is 0 Å². The summed E-state index contributed by atoms with van der Waals surface area (Å²) >= 11 is 0. The van der Waals surface area contributed by atoms with Gasteiger partial charge in [0.05, 0.1) is 12.5 Å². The fourth-order valence-electron chi connectivity index (χ4n) is 4.21. The molecule has 3 atom stereocenters. The Morgan fingerprint density at radius 1 is 1.03 bits per heavy atom. The van der Waals surface area contributed by atoms with Crippen molar-refractivity contribution in [3.63, 3.8) is 0 Å². The first kappa shape index (κ1) is 25.7. The normalized spacial score (nSPS) is 20.9. The molecule has 1 heterocycles. The van der Waals surface area contributed by atoms with Crippen LogP contribution < -0.4 is 0 Å².